The summed E-state index contributed by atoms with van der Waals surface area (Å²) in [7, 11) is 0. The second kappa shape index (κ2) is 5.64. The first kappa shape index (κ1) is 11.9. The number of nitrogens with one attached hydrogen (secondary N) is 1. The van der Waals surface area contributed by atoms with Crippen molar-refractivity contribution in [3.05, 3.63) is 41.6 Å². The quantitative estimate of drug-likeness (QED) is 0.828. The van der Waals surface area contributed by atoms with Crippen LogP contribution in [0.25, 0.3) is 11.3 Å². The number of aryl methyl sites for hydroxylation is 1. The third-order valence-electron chi connectivity index (χ3n) is 2.92. The molecule has 0 spiro atoms. The van der Waals surface area contributed by atoms with E-state index in [-0.39, 0.29) is 0 Å². The van der Waals surface area contributed by atoms with E-state index in [1.54, 1.807) is 0 Å². The number of nitrogens with two attached hydrogens (primary N) is 1. The van der Waals surface area contributed by atoms with Crippen molar-refractivity contribution in [1.82, 2.24) is 10.2 Å². The fraction of sp³-hybridized carbons (Fsp3) is 0.357. The summed E-state index contributed by atoms with van der Waals surface area (Å²) in [6.07, 6.45) is 3.64. The zero-order chi connectivity index (χ0) is 12.1. The van der Waals surface area contributed by atoms with Crippen LogP contribution in [0.3, 0.4) is 0 Å². The Kier molecular flexibility index (Phi) is 3.94. The maximum Gasteiger partial charge on any atom is 0.0924 e. The first-order valence-corrected chi connectivity index (χ1v) is 6.17. The molecule has 17 heavy (non-hydrogen) atoms. The van der Waals surface area contributed by atoms with Crippen molar-refractivity contribution in [1.29, 1.82) is 0 Å². The number of benzene rings is 1. The van der Waals surface area contributed by atoms with Gasteiger partial charge in [0, 0.05) is 17.8 Å². The number of nitrogens with zero attached hydrogens (tertiary/aromatic N) is 1. The van der Waals surface area contributed by atoms with Gasteiger partial charge in [-0.2, -0.15) is 5.10 Å². The number of unbranched alkanes of at least 4 members (excludes halogenated alkanes) is 1. The molecule has 2 rings (SSSR count). The normalized spacial score (nSPS) is 10.7. The second-order valence-electron chi connectivity index (χ2n) is 4.28. The molecule has 0 unspecified atom stereocenters. The summed E-state index contributed by atoms with van der Waals surface area (Å²) >= 11 is 0. The molecule has 3 nitrogen and oxygen atoms in total. The van der Waals surface area contributed by atoms with Gasteiger partial charge in [-0.25, -0.2) is 0 Å². The van der Waals surface area contributed by atoms with Gasteiger partial charge in [0.25, 0.3) is 0 Å². The van der Waals surface area contributed by atoms with Crippen molar-refractivity contribution in [3.63, 3.8) is 0 Å². The summed E-state index contributed by atoms with van der Waals surface area (Å²) in [5, 5.41) is 7.17. The predicted molar refractivity (Wildman–Crippen MR) is 70.5 cm³/mol. The largest absolute Gasteiger partial charge is 0.325 e. The smallest absolute Gasteiger partial charge is 0.0924 e. The van der Waals surface area contributed by atoms with Crippen LogP contribution >= 0.6 is 0 Å². The molecular weight excluding hydrogens is 210 g/mol. The standard InChI is InChI=1S/C14H19N3/c1-2-3-4-11-5-7-12(8-6-11)14-9-13(10-15)16-17-14/h5-9H,2-4,10,15H2,1H3,(H,16,17). The van der Waals surface area contributed by atoms with Crippen LogP contribution in [0.5, 0.6) is 0 Å². The van der Waals surface area contributed by atoms with Crippen molar-refractivity contribution in [2.75, 3.05) is 0 Å². The number of hydrogen-bond donors (Lipinski definition) is 2. The maximum atomic E-state index is 5.55. The van der Waals surface area contributed by atoms with Crippen LogP contribution in [0.4, 0.5) is 0 Å². The lowest BCUT2D eigenvalue weighted by atomic mass is 10.0. The highest BCUT2D eigenvalue weighted by Crippen LogP contribution is 2.18. The van der Waals surface area contributed by atoms with Crippen molar-refractivity contribution in [3.8, 4) is 11.3 Å². The molecule has 1 aromatic heterocycles. The minimum atomic E-state index is 0.502. The monoisotopic (exact) mass is 229 g/mol. The Morgan fingerprint density at radius 3 is 2.59 bits per heavy atom. The van der Waals surface area contributed by atoms with Crippen molar-refractivity contribution in [2.45, 2.75) is 32.7 Å². The van der Waals surface area contributed by atoms with Crippen LogP contribution < -0.4 is 5.73 Å². The van der Waals surface area contributed by atoms with E-state index in [1.165, 1.54) is 18.4 Å². The van der Waals surface area contributed by atoms with Crippen LogP contribution in [0.1, 0.15) is 31.0 Å². The van der Waals surface area contributed by atoms with Crippen LogP contribution in [-0.4, -0.2) is 10.2 Å². The molecule has 0 fully saturated rings. The number of aromatic nitrogens is 2. The van der Waals surface area contributed by atoms with E-state index < -0.39 is 0 Å². The summed E-state index contributed by atoms with van der Waals surface area (Å²) in [6, 6.07) is 10.6. The molecule has 3 N–H and O–H groups in total. The molecule has 1 heterocycles. The number of aromatic amines is 1. The Labute approximate surface area is 102 Å². The number of rotatable bonds is 5. The minimum Gasteiger partial charge on any atom is -0.325 e. The van der Waals surface area contributed by atoms with E-state index in [2.05, 4.69) is 41.4 Å². The zero-order valence-electron chi connectivity index (χ0n) is 10.2. The maximum absolute atomic E-state index is 5.55. The van der Waals surface area contributed by atoms with Crippen LogP contribution in [0, 0.1) is 0 Å². The number of hydrogen-bond acceptors (Lipinski definition) is 2. The number of H-pyrrole nitrogens is 1. The Hall–Kier alpha value is -1.61. The van der Waals surface area contributed by atoms with Gasteiger partial charge in [0.1, 0.15) is 0 Å². The summed E-state index contributed by atoms with van der Waals surface area (Å²) in [5.74, 6) is 0. The van der Waals surface area contributed by atoms with Crippen LogP contribution in [0.15, 0.2) is 30.3 Å². The topological polar surface area (TPSA) is 54.7 Å². The molecule has 0 saturated carbocycles. The molecule has 0 aliphatic carbocycles. The molecule has 1 aromatic carbocycles. The van der Waals surface area contributed by atoms with E-state index >= 15 is 0 Å². The second-order valence-corrected chi connectivity index (χ2v) is 4.28. The first-order chi connectivity index (χ1) is 8.33. The van der Waals surface area contributed by atoms with Crippen molar-refractivity contribution < 1.29 is 0 Å². The van der Waals surface area contributed by atoms with Gasteiger partial charge in [-0.15, -0.1) is 0 Å². The predicted octanol–water partition coefficient (Wildman–Crippen LogP) is 2.88. The van der Waals surface area contributed by atoms with Crippen molar-refractivity contribution >= 4 is 0 Å². The average molecular weight is 229 g/mol. The summed E-state index contributed by atoms with van der Waals surface area (Å²) < 4.78 is 0. The van der Waals surface area contributed by atoms with E-state index in [4.69, 9.17) is 5.73 Å². The summed E-state index contributed by atoms with van der Waals surface area (Å²) in [4.78, 5) is 0. The van der Waals surface area contributed by atoms with E-state index in [1.807, 2.05) is 6.07 Å². The van der Waals surface area contributed by atoms with Gasteiger partial charge in [0.05, 0.1) is 5.69 Å². The Bertz CT molecular complexity index is 457. The van der Waals surface area contributed by atoms with E-state index in [0.29, 0.717) is 6.54 Å². The minimum absolute atomic E-state index is 0.502. The third kappa shape index (κ3) is 2.94. The van der Waals surface area contributed by atoms with Crippen LogP contribution in [0.2, 0.25) is 0 Å². The fourth-order valence-electron chi connectivity index (χ4n) is 1.84. The molecule has 90 valence electrons. The fourth-order valence-corrected chi connectivity index (χ4v) is 1.84. The van der Waals surface area contributed by atoms with Gasteiger partial charge in [-0.05, 0) is 24.5 Å². The first-order valence-electron chi connectivity index (χ1n) is 6.17. The van der Waals surface area contributed by atoms with Gasteiger partial charge in [-0.3, -0.25) is 5.10 Å². The summed E-state index contributed by atoms with van der Waals surface area (Å²) in [6.45, 7) is 2.72. The molecule has 0 bridgehead atoms. The van der Waals surface area contributed by atoms with Gasteiger partial charge < -0.3 is 5.73 Å². The average Bonchev–Trinajstić information content (AvgIpc) is 2.86. The molecule has 0 atom stereocenters. The molecule has 0 saturated heterocycles. The highest BCUT2D eigenvalue weighted by Gasteiger charge is 2.02. The molecule has 3 heteroatoms. The summed E-state index contributed by atoms with van der Waals surface area (Å²) in [5.41, 5.74) is 10.0. The Balaban J connectivity index is 2.11. The molecule has 0 aliphatic rings. The van der Waals surface area contributed by atoms with Gasteiger partial charge in [0.2, 0.25) is 0 Å². The molecule has 2 aromatic rings. The van der Waals surface area contributed by atoms with Crippen molar-refractivity contribution in [2.24, 2.45) is 5.73 Å². The highest BCUT2D eigenvalue weighted by atomic mass is 15.1. The lowest BCUT2D eigenvalue weighted by Crippen LogP contribution is -1.95. The SMILES string of the molecule is CCCCc1ccc(-c2cc(CN)[nH]n2)cc1. The van der Waals surface area contributed by atoms with E-state index in [9.17, 15) is 0 Å². The molecule has 0 aliphatic heterocycles. The van der Waals surface area contributed by atoms with Gasteiger partial charge >= 0.3 is 0 Å². The molecular formula is C14H19N3. The zero-order valence-corrected chi connectivity index (χ0v) is 10.2. The lowest BCUT2D eigenvalue weighted by molar-refractivity contribution is 0.795. The van der Waals surface area contributed by atoms with Gasteiger partial charge in [0.15, 0.2) is 0 Å². The molecule has 0 amide bonds. The highest BCUT2D eigenvalue weighted by molar-refractivity contribution is 5.59. The lowest BCUT2D eigenvalue weighted by Gasteiger charge is -2.01. The Morgan fingerprint density at radius 2 is 2.00 bits per heavy atom. The Morgan fingerprint density at radius 1 is 1.24 bits per heavy atom. The van der Waals surface area contributed by atoms with Crippen LogP contribution in [-0.2, 0) is 13.0 Å². The van der Waals surface area contributed by atoms with Gasteiger partial charge in [-0.1, -0.05) is 37.6 Å². The van der Waals surface area contributed by atoms with E-state index in [0.717, 1.165) is 23.4 Å². The molecule has 0 radical (unpaired) electrons. The third-order valence-corrected chi connectivity index (χ3v) is 2.92.